The molecule has 1 amide bonds. The van der Waals surface area contributed by atoms with Crippen molar-refractivity contribution in [2.24, 2.45) is 5.73 Å². The summed E-state index contributed by atoms with van der Waals surface area (Å²) in [7, 11) is 1.24. The van der Waals surface area contributed by atoms with Gasteiger partial charge >= 0.3 is 5.97 Å². The maximum absolute atomic E-state index is 10.9. The molecule has 12 heavy (non-hydrogen) atoms. The van der Waals surface area contributed by atoms with E-state index in [1.54, 1.807) is 0 Å². The molecule has 0 aliphatic heterocycles. The summed E-state index contributed by atoms with van der Waals surface area (Å²) in [6, 6.07) is -0.714. The minimum absolute atomic E-state index is 0.152. The summed E-state index contributed by atoms with van der Waals surface area (Å²) in [6.07, 6.45) is 0. The molecule has 0 aliphatic carbocycles. The average Bonchev–Trinajstić information content (AvgIpc) is 2.12. The highest BCUT2D eigenvalue weighted by Crippen LogP contribution is 1.90. The number of nitrogens with two attached hydrogens (primary N) is 1. The normalized spacial score (nSPS) is 11.9. The largest absolute Gasteiger partial charge is 0.467 e. The smallest absolute Gasteiger partial charge is 0.329 e. The van der Waals surface area contributed by atoms with Crippen LogP contribution < -0.4 is 11.1 Å². The molecule has 0 saturated heterocycles. The molecule has 0 aromatic heterocycles. The molecule has 0 rings (SSSR count). The van der Waals surface area contributed by atoms with E-state index in [9.17, 15) is 9.59 Å². The van der Waals surface area contributed by atoms with Crippen molar-refractivity contribution in [3.63, 3.8) is 0 Å². The highest BCUT2D eigenvalue weighted by molar-refractivity contribution is 7.80. The first-order chi connectivity index (χ1) is 5.65. The van der Waals surface area contributed by atoms with Crippen LogP contribution in [0.3, 0.4) is 0 Å². The molecule has 0 radical (unpaired) electrons. The van der Waals surface area contributed by atoms with Crippen LogP contribution in [-0.4, -0.2) is 37.3 Å². The van der Waals surface area contributed by atoms with Crippen molar-refractivity contribution >= 4 is 24.5 Å². The van der Waals surface area contributed by atoms with Gasteiger partial charge in [0.05, 0.1) is 13.7 Å². The van der Waals surface area contributed by atoms with Crippen molar-refractivity contribution in [2.75, 3.05) is 19.4 Å². The molecule has 0 saturated carbocycles. The number of hydrogen-bond donors (Lipinski definition) is 3. The van der Waals surface area contributed by atoms with E-state index in [2.05, 4.69) is 22.7 Å². The van der Waals surface area contributed by atoms with Gasteiger partial charge in [0.1, 0.15) is 6.04 Å². The van der Waals surface area contributed by atoms with E-state index in [-0.39, 0.29) is 12.3 Å². The Bertz CT molecular complexity index is 174. The van der Waals surface area contributed by atoms with Crippen molar-refractivity contribution < 1.29 is 14.3 Å². The predicted octanol–water partition coefficient (Wildman–Crippen LogP) is -1.47. The standard InChI is InChI=1S/C6H12N2O3S/c1-11-6(10)4(3-12)8-5(9)2-7/h4,12H,2-3,7H2,1H3,(H,8,9). The Hall–Kier alpha value is -0.750. The van der Waals surface area contributed by atoms with Gasteiger partial charge in [0.25, 0.3) is 0 Å². The lowest BCUT2D eigenvalue weighted by Crippen LogP contribution is -2.45. The van der Waals surface area contributed by atoms with Gasteiger partial charge in [0.2, 0.25) is 5.91 Å². The first-order valence-electron chi connectivity index (χ1n) is 3.33. The Balaban J connectivity index is 3.99. The average molecular weight is 192 g/mol. The molecule has 5 nitrogen and oxygen atoms in total. The number of carbonyl (C=O) groups is 2. The highest BCUT2D eigenvalue weighted by atomic mass is 32.1. The van der Waals surface area contributed by atoms with Crippen LogP contribution >= 0.6 is 12.6 Å². The minimum atomic E-state index is -0.714. The second-order valence-electron chi connectivity index (χ2n) is 2.03. The lowest BCUT2D eigenvalue weighted by molar-refractivity contribution is -0.144. The Morgan fingerprint density at radius 1 is 1.67 bits per heavy atom. The van der Waals surface area contributed by atoms with Gasteiger partial charge in [-0.15, -0.1) is 0 Å². The lowest BCUT2D eigenvalue weighted by Gasteiger charge is -2.12. The number of nitrogens with one attached hydrogen (secondary N) is 1. The van der Waals surface area contributed by atoms with Crippen LogP contribution in [0.2, 0.25) is 0 Å². The Kier molecular flexibility index (Phi) is 5.48. The summed E-state index contributed by atoms with van der Waals surface area (Å²) in [4.78, 5) is 21.6. The van der Waals surface area contributed by atoms with E-state index in [0.29, 0.717) is 0 Å². The molecule has 0 spiro atoms. The molecule has 1 atom stereocenters. The van der Waals surface area contributed by atoms with Crippen LogP contribution in [0, 0.1) is 0 Å². The monoisotopic (exact) mass is 192 g/mol. The number of hydrogen-bond acceptors (Lipinski definition) is 5. The Labute approximate surface area is 76.0 Å². The van der Waals surface area contributed by atoms with Gasteiger partial charge in [-0.2, -0.15) is 12.6 Å². The number of amides is 1. The predicted molar refractivity (Wildman–Crippen MR) is 46.9 cm³/mol. The SMILES string of the molecule is COC(=O)C(CS)NC(=O)CN. The fourth-order valence-corrected chi connectivity index (χ4v) is 0.815. The molecular formula is C6H12N2O3S. The second kappa shape index (κ2) is 5.84. The topological polar surface area (TPSA) is 81.4 Å². The first kappa shape index (κ1) is 11.2. The number of esters is 1. The number of methoxy groups -OCH3 is 1. The quantitative estimate of drug-likeness (QED) is 0.375. The van der Waals surface area contributed by atoms with Crippen molar-refractivity contribution in [1.29, 1.82) is 0 Å². The third kappa shape index (κ3) is 3.59. The maximum Gasteiger partial charge on any atom is 0.329 e. The lowest BCUT2D eigenvalue weighted by atomic mass is 10.3. The van der Waals surface area contributed by atoms with Crippen molar-refractivity contribution in [2.45, 2.75) is 6.04 Å². The fourth-order valence-electron chi connectivity index (χ4n) is 0.575. The Morgan fingerprint density at radius 3 is 2.58 bits per heavy atom. The van der Waals surface area contributed by atoms with Crippen LogP contribution in [-0.2, 0) is 14.3 Å². The maximum atomic E-state index is 10.9. The summed E-state index contributed by atoms with van der Waals surface area (Å²) in [6.45, 7) is -0.152. The van der Waals surface area contributed by atoms with Crippen LogP contribution in [0.25, 0.3) is 0 Å². The van der Waals surface area contributed by atoms with Crippen LogP contribution in [0.1, 0.15) is 0 Å². The van der Waals surface area contributed by atoms with E-state index in [1.165, 1.54) is 7.11 Å². The van der Waals surface area contributed by atoms with Crippen LogP contribution in [0.15, 0.2) is 0 Å². The molecule has 0 heterocycles. The van der Waals surface area contributed by atoms with Crippen LogP contribution in [0.5, 0.6) is 0 Å². The zero-order chi connectivity index (χ0) is 9.56. The van der Waals surface area contributed by atoms with E-state index >= 15 is 0 Å². The number of ether oxygens (including phenoxy) is 1. The number of carbonyl (C=O) groups excluding carboxylic acids is 2. The zero-order valence-corrected chi connectivity index (χ0v) is 7.64. The first-order valence-corrected chi connectivity index (χ1v) is 3.97. The third-order valence-corrected chi connectivity index (χ3v) is 1.55. The number of thiol groups is 1. The van der Waals surface area contributed by atoms with Gasteiger partial charge in [-0.05, 0) is 0 Å². The summed E-state index contributed by atoms with van der Waals surface area (Å²) in [5, 5.41) is 2.35. The molecule has 0 aromatic rings. The molecule has 0 fully saturated rings. The van der Waals surface area contributed by atoms with Gasteiger partial charge in [-0.1, -0.05) is 0 Å². The number of rotatable bonds is 4. The van der Waals surface area contributed by atoms with E-state index < -0.39 is 17.9 Å². The molecule has 0 aliphatic rings. The van der Waals surface area contributed by atoms with Gasteiger partial charge < -0.3 is 15.8 Å². The van der Waals surface area contributed by atoms with Crippen molar-refractivity contribution in [3.8, 4) is 0 Å². The molecule has 0 bridgehead atoms. The van der Waals surface area contributed by atoms with E-state index in [1.807, 2.05) is 0 Å². The Morgan fingerprint density at radius 2 is 2.25 bits per heavy atom. The minimum Gasteiger partial charge on any atom is -0.467 e. The molecule has 3 N–H and O–H groups in total. The summed E-state index contributed by atoms with van der Waals surface area (Å²) in [5.41, 5.74) is 5.03. The summed E-state index contributed by atoms with van der Waals surface area (Å²) >= 11 is 3.87. The molecule has 0 aromatic carbocycles. The van der Waals surface area contributed by atoms with Crippen molar-refractivity contribution in [3.05, 3.63) is 0 Å². The van der Waals surface area contributed by atoms with E-state index in [4.69, 9.17) is 5.73 Å². The van der Waals surface area contributed by atoms with Crippen LogP contribution in [0.4, 0.5) is 0 Å². The van der Waals surface area contributed by atoms with Crippen molar-refractivity contribution in [1.82, 2.24) is 5.32 Å². The van der Waals surface area contributed by atoms with Gasteiger partial charge in [0, 0.05) is 5.75 Å². The van der Waals surface area contributed by atoms with Gasteiger partial charge in [-0.25, -0.2) is 4.79 Å². The molecule has 6 heteroatoms. The zero-order valence-electron chi connectivity index (χ0n) is 6.74. The highest BCUT2D eigenvalue weighted by Gasteiger charge is 2.18. The van der Waals surface area contributed by atoms with Gasteiger partial charge in [-0.3, -0.25) is 4.79 Å². The van der Waals surface area contributed by atoms with Gasteiger partial charge in [0.15, 0.2) is 0 Å². The molecular weight excluding hydrogens is 180 g/mol. The summed E-state index contributed by atoms with van der Waals surface area (Å²) < 4.78 is 4.41. The summed E-state index contributed by atoms with van der Waals surface area (Å²) in [5.74, 6) is -0.732. The fraction of sp³-hybridized carbons (Fsp3) is 0.667. The molecule has 70 valence electrons. The third-order valence-electron chi connectivity index (χ3n) is 1.19. The van der Waals surface area contributed by atoms with E-state index in [0.717, 1.165) is 0 Å². The second-order valence-corrected chi connectivity index (χ2v) is 2.40. The molecule has 1 unspecified atom stereocenters.